The van der Waals surface area contributed by atoms with Crippen LogP contribution in [0.25, 0.3) is 16.9 Å². The summed E-state index contributed by atoms with van der Waals surface area (Å²) in [5.74, 6) is 0.491. The third kappa shape index (κ3) is 4.62. The Balaban J connectivity index is 1.69. The number of halogens is 1. The maximum absolute atomic E-state index is 13.9. The van der Waals surface area contributed by atoms with Crippen LogP contribution < -0.4 is 4.74 Å². The van der Waals surface area contributed by atoms with E-state index in [1.807, 2.05) is 54.3 Å². The molecule has 0 fully saturated rings. The van der Waals surface area contributed by atoms with Gasteiger partial charge in [-0.2, -0.15) is 5.10 Å². The van der Waals surface area contributed by atoms with E-state index in [-0.39, 0.29) is 11.9 Å². The number of benzene rings is 2. The summed E-state index contributed by atoms with van der Waals surface area (Å²) in [7, 11) is 3.67. The third-order valence-corrected chi connectivity index (χ3v) is 5.34. The van der Waals surface area contributed by atoms with Crippen molar-refractivity contribution in [2.75, 3.05) is 14.2 Å². The van der Waals surface area contributed by atoms with Crippen molar-refractivity contribution < 1.29 is 9.13 Å². The molecule has 1 atom stereocenters. The first-order chi connectivity index (χ1) is 15.0. The molecule has 0 aliphatic carbocycles. The Labute approximate surface area is 181 Å². The minimum Gasteiger partial charge on any atom is -0.497 e. The van der Waals surface area contributed by atoms with E-state index in [1.54, 1.807) is 25.7 Å². The Morgan fingerprint density at radius 2 is 1.94 bits per heavy atom. The van der Waals surface area contributed by atoms with Crippen molar-refractivity contribution in [2.45, 2.75) is 19.5 Å². The number of aromatic nitrogens is 4. The van der Waals surface area contributed by atoms with Crippen molar-refractivity contribution in [3.63, 3.8) is 0 Å². The fraction of sp³-hybridized carbons (Fsp3) is 0.208. The lowest BCUT2D eigenvalue weighted by atomic mass is 10.1. The highest BCUT2D eigenvalue weighted by Crippen LogP contribution is 2.28. The average molecular weight is 417 g/mol. The maximum Gasteiger partial charge on any atom is 0.123 e. The van der Waals surface area contributed by atoms with E-state index < -0.39 is 0 Å². The quantitative estimate of drug-likeness (QED) is 0.437. The Hall–Kier alpha value is -3.58. The average Bonchev–Trinajstić information content (AvgIpc) is 3.23. The molecule has 0 amide bonds. The molecule has 0 spiro atoms. The van der Waals surface area contributed by atoms with Crippen molar-refractivity contribution in [2.24, 2.45) is 0 Å². The number of rotatable bonds is 7. The Bertz CT molecular complexity index is 1140. The van der Waals surface area contributed by atoms with Crippen LogP contribution in [0.2, 0.25) is 0 Å². The van der Waals surface area contributed by atoms with Crippen molar-refractivity contribution >= 4 is 0 Å². The Kier molecular flexibility index (Phi) is 6.04. The van der Waals surface area contributed by atoms with Gasteiger partial charge in [0.25, 0.3) is 0 Å². The summed E-state index contributed by atoms with van der Waals surface area (Å²) in [6.07, 6.45) is 5.29. The van der Waals surface area contributed by atoms with Gasteiger partial charge in [0.05, 0.1) is 24.2 Å². The van der Waals surface area contributed by atoms with Crippen LogP contribution in [0, 0.1) is 5.82 Å². The minimum atomic E-state index is -0.287. The molecular formula is C24H24FN5O. The van der Waals surface area contributed by atoms with Gasteiger partial charge >= 0.3 is 0 Å². The predicted molar refractivity (Wildman–Crippen MR) is 117 cm³/mol. The molecule has 0 N–H and O–H groups in total. The number of hydrogen-bond donors (Lipinski definition) is 0. The smallest absolute Gasteiger partial charge is 0.123 e. The minimum absolute atomic E-state index is 0.0766. The number of ether oxygens (including phenoxy) is 1. The van der Waals surface area contributed by atoms with Crippen LogP contribution in [0.5, 0.6) is 5.75 Å². The lowest BCUT2D eigenvalue weighted by Crippen LogP contribution is -2.22. The standard InChI is InChI=1S/C24H24FN5O/c1-17(23-11-12-26-16-27-23)29(2)14-19-15-30(21-7-9-22(31-3)10-8-21)28-24(19)18-5-4-6-20(25)13-18/h4-13,15-17H,14H2,1-3H3. The van der Waals surface area contributed by atoms with E-state index in [9.17, 15) is 4.39 Å². The molecule has 0 saturated heterocycles. The molecule has 0 saturated carbocycles. The van der Waals surface area contributed by atoms with Gasteiger partial charge in [-0.25, -0.2) is 19.0 Å². The third-order valence-electron chi connectivity index (χ3n) is 5.34. The van der Waals surface area contributed by atoms with E-state index in [0.29, 0.717) is 6.54 Å². The SMILES string of the molecule is COc1ccc(-n2cc(CN(C)C(C)c3ccncn3)c(-c3cccc(F)c3)n2)cc1. The lowest BCUT2D eigenvalue weighted by molar-refractivity contribution is 0.248. The van der Waals surface area contributed by atoms with Gasteiger partial charge in [-0.05, 0) is 56.4 Å². The lowest BCUT2D eigenvalue weighted by Gasteiger charge is -2.24. The summed E-state index contributed by atoms with van der Waals surface area (Å²) < 4.78 is 21.0. The molecule has 2 aromatic carbocycles. The highest BCUT2D eigenvalue weighted by Gasteiger charge is 2.19. The highest BCUT2D eigenvalue weighted by molar-refractivity contribution is 5.63. The first-order valence-electron chi connectivity index (χ1n) is 10.00. The van der Waals surface area contributed by atoms with E-state index >= 15 is 0 Å². The molecule has 31 heavy (non-hydrogen) atoms. The predicted octanol–water partition coefficient (Wildman–Crippen LogP) is 4.67. The fourth-order valence-corrected chi connectivity index (χ4v) is 3.45. The largest absolute Gasteiger partial charge is 0.497 e. The fourth-order valence-electron chi connectivity index (χ4n) is 3.45. The van der Waals surface area contributed by atoms with Crippen molar-refractivity contribution in [1.29, 1.82) is 0 Å². The van der Waals surface area contributed by atoms with Gasteiger partial charge < -0.3 is 4.74 Å². The Morgan fingerprint density at radius 3 is 2.61 bits per heavy atom. The summed E-state index contributed by atoms with van der Waals surface area (Å²) in [6, 6.07) is 16.2. The molecule has 0 bridgehead atoms. The molecular weight excluding hydrogens is 393 g/mol. The van der Waals surface area contributed by atoms with Crippen LogP contribution in [0.3, 0.4) is 0 Å². The second-order valence-corrected chi connectivity index (χ2v) is 7.38. The van der Waals surface area contributed by atoms with Gasteiger partial charge in [0.15, 0.2) is 0 Å². The van der Waals surface area contributed by atoms with Gasteiger partial charge in [0.2, 0.25) is 0 Å². The number of methoxy groups -OCH3 is 1. The van der Waals surface area contributed by atoms with Gasteiger partial charge in [-0.15, -0.1) is 0 Å². The van der Waals surface area contributed by atoms with Crippen LogP contribution >= 0.6 is 0 Å². The first-order valence-corrected chi connectivity index (χ1v) is 10.00. The van der Waals surface area contributed by atoms with Crippen molar-refractivity contribution in [1.82, 2.24) is 24.6 Å². The van der Waals surface area contributed by atoms with Crippen molar-refractivity contribution in [3.8, 4) is 22.7 Å². The maximum atomic E-state index is 13.9. The summed E-state index contributed by atoms with van der Waals surface area (Å²) in [5, 5.41) is 4.79. The summed E-state index contributed by atoms with van der Waals surface area (Å²) in [5.41, 5.74) is 4.32. The van der Waals surface area contributed by atoms with E-state index in [2.05, 4.69) is 21.8 Å². The molecule has 7 heteroatoms. The van der Waals surface area contributed by atoms with Crippen LogP contribution in [0.4, 0.5) is 4.39 Å². The van der Waals surface area contributed by atoms with Crippen LogP contribution in [0.1, 0.15) is 24.2 Å². The molecule has 0 radical (unpaired) electrons. The van der Waals surface area contributed by atoms with E-state index in [4.69, 9.17) is 9.84 Å². The molecule has 158 valence electrons. The molecule has 0 aliphatic heterocycles. The molecule has 6 nitrogen and oxygen atoms in total. The van der Waals surface area contributed by atoms with Gasteiger partial charge in [0.1, 0.15) is 17.9 Å². The number of nitrogens with zero attached hydrogens (tertiary/aromatic N) is 5. The van der Waals surface area contributed by atoms with Gasteiger partial charge in [-0.3, -0.25) is 4.90 Å². The second-order valence-electron chi connectivity index (χ2n) is 7.38. The Morgan fingerprint density at radius 1 is 1.13 bits per heavy atom. The van der Waals surface area contributed by atoms with Crippen LogP contribution in [0.15, 0.2) is 73.3 Å². The van der Waals surface area contributed by atoms with Gasteiger partial charge in [0, 0.05) is 36.1 Å². The second kappa shape index (κ2) is 9.06. The van der Waals surface area contributed by atoms with Crippen LogP contribution in [-0.4, -0.2) is 38.8 Å². The molecule has 2 heterocycles. The summed E-state index contributed by atoms with van der Waals surface area (Å²) in [4.78, 5) is 10.5. The normalized spacial score (nSPS) is 12.2. The summed E-state index contributed by atoms with van der Waals surface area (Å²) >= 11 is 0. The first kappa shape index (κ1) is 20.7. The van der Waals surface area contributed by atoms with Crippen molar-refractivity contribution in [3.05, 3.63) is 90.4 Å². The summed E-state index contributed by atoms with van der Waals surface area (Å²) in [6.45, 7) is 2.71. The topological polar surface area (TPSA) is 56.1 Å². The molecule has 4 aromatic rings. The zero-order valence-corrected chi connectivity index (χ0v) is 17.7. The molecule has 4 rings (SSSR count). The van der Waals surface area contributed by atoms with E-state index in [0.717, 1.165) is 34.0 Å². The number of hydrogen-bond acceptors (Lipinski definition) is 5. The zero-order valence-electron chi connectivity index (χ0n) is 17.7. The zero-order chi connectivity index (χ0) is 21.8. The highest BCUT2D eigenvalue weighted by atomic mass is 19.1. The molecule has 1 unspecified atom stereocenters. The molecule has 0 aliphatic rings. The van der Waals surface area contributed by atoms with Gasteiger partial charge in [-0.1, -0.05) is 12.1 Å². The van der Waals surface area contributed by atoms with Crippen LogP contribution in [-0.2, 0) is 6.54 Å². The molecule has 2 aromatic heterocycles. The monoisotopic (exact) mass is 417 g/mol. The van der Waals surface area contributed by atoms with E-state index in [1.165, 1.54) is 12.1 Å².